The third kappa shape index (κ3) is 4.43. The predicted octanol–water partition coefficient (Wildman–Crippen LogP) is 2.49. The molecular weight excluding hydrogens is 424 g/mol. The van der Waals surface area contributed by atoms with Crippen molar-refractivity contribution in [3.8, 4) is 11.5 Å². The van der Waals surface area contributed by atoms with Gasteiger partial charge in [-0.2, -0.15) is 5.10 Å². The van der Waals surface area contributed by atoms with Gasteiger partial charge in [-0.15, -0.1) is 0 Å². The molecule has 1 atom stereocenters. The van der Waals surface area contributed by atoms with Crippen molar-refractivity contribution in [1.29, 1.82) is 0 Å². The molecule has 9 nitrogen and oxygen atoms in total. The number of nitrogens with one attached hydrogen (secondary N) is 1. The molecule has 2 aromatic carbocycles. The van der Waals surface area contributed by atoms with E-state index in [1.165, 1.54) is 26.4 Å². The van der Waals surface area contributed by atoms with Gasteiger partial charge in [0.25, 0.3) is 11.5 Å². The van der Waals surface area contributed by atoms with Crippen LogP contribution in [0.3, 0.4) is 0 Å². The number of anilines is 2. The minimum Gasteiger partial charge on any atom is -0.497 e. The summed E-state index contributed by atoms with van der Waals surface area (Å²) in [6.45, 7) is 1.59. The number of para-hydroxylation sites is 1. The van der Waals surface area contributed by atoms with E-state index in [-0.39, 0.29) is 24.2 Å². The molecule has 33 heavy (non-hydrogen) atoms. The Morgan fingerprint density at radius 1 is 1.09 bits per heavy atom. The Kier molecular flexibility index (Phi) is 6.12. The Hall–Kier alpha value is -4.14. The van der Waals surface area contributed by atoms with Crippen molar-refractivity contribution < 1.29 is 19.1 Å². The smallest absolute Gasteiger partial charge is 0.278 e. The fourth-order valence-corrected chi connectivity index (χ4v) is 3.91. The molecule has 1 N–H and O–H groups in total. The standard InChI is InChI=1S/C24H24N4O5/c1-15-12-16-6-4-5-7-20(16)28(15)24(31)18-9-11-23(30)27(26-18)14-22(29)25-19-13-17(32-2)8-10-21(19)33-3/h4-11,13,15H,12,14H2,1-3H3,(H,25,29)/t15-/m1/s1. The first-order valence-electron chi connectivity index (χ1n) is 10.4. The monoisotopic (exact) mass is 448 g/mol. The summed E-state index contributed by atoms with van der Waals surface area (Å²) in [5.41, 5.74) is 1.90. The maximum absolute atomic E-state index is 13.2. The van der Waals surface area contributed by atoms with Gasteiger partial charge >= 0.3 is 0 Å². The summed E-state index contributed by atoms with van der Waals surface area (Å²) in [6.07, 6.45) is 0.742. The minimum absolute atomic E-state index is 0.0408. The number of aromatic nitrogens is 2. The summed E-state index contributed by atoms with van der Waals surface area (Å²) in [5.74, 6) is 0.154. The Bertz CT molecular complexity index is 1270. The van der Waals surface area contributed by atoms with Crippen LogP contribution in [0, 0.1) is 0 Å². The number of nitrogens with zero attached hydrogens (tertiary/aromatic N) is 3. The van der Waals surface area contributed by atoms with Gasteiger partial charge in [0.05, 0.1) is 19.9 Å². The van der Waals surface area contributed by atoms with Crippen LogP contribution in [0.15, 0.2) is 59.4 Å². The number of ether oxygens (including phenoxy) is 2. The molecule has 2 amide bonds. The lowest BCUT2D eigenvalue weighted by atomic mass is 10.1. The topological polar surface area (TPSA) is 103 Å². The summed E-state index contributed by atoms with van der Waals surface area (Å²) in [5, 5.41) is 6.88. The zero-order valence-electron chi connectivity index (χ0n) is 18.6. The van der Waals surface area contributed by atoms with Crippen LogP contribution in [-0.4, -0.2) is 41.9 Å². The molecule has 0 aliphatic carbocycles. The zero-order valence-corrected chi connectivity index (χ0v) is 18.6. The van der Waals surface area contributed by atoms with E-state index in [1.807, 2.05) is 31.2 Å². The highest BCUT2D eigenvalue weighted by molar-refractivity contribution is 6.06. The SMILES string of the molecule is COc1ccc(OC)c(NC(=O)Cn2nc(C(=O)N3c4ccccc4C[C@H]3C)ccc2=O)c1. The van der Waals surface area contributed by atoms with Crippen LogP contribution in [0.4, 0.5) is 11.4 Å². The summed E-state index contributed by atoms with van der Waals surface area (Å²) in [7, 11) is 3.00. The largest absolute Gasteiger partial charge is 0.497 e. The number of methoxy groups -OCH3 is 2. The van der Waals surface area contributed by atoms with Crippen molar-refractivity contribution in [3.63, 3.8) is 0 Å². The molecule has 0 bridgehead atoms. The van der Waals surface area contributed by atoms with Crippen molar-refractivity contribution in [2.45, 2.75) is 25.9 Å². The van der Waals surface area contributed by atoms with Crippen molar-refractivity contribution in [3.05, 3.63) is 76.2 Å². The molecule has 1 aliphatic heterocycles. The van der Waals surface area contributed by atoms with Gasteiger partial charge in [0, 0.05) is 23.9 Å². The molecular formula is C24H24N4O5. The van der Waals surface area contributed by atoms with Crippen LogP contribution in [0.25, 0.3) is 0 Å². The van der Waals surface area contributed by atoms with E-state index < -0.39 is 11.5 Å². The third-order valence-electron chi connectivity index (χ3n) is 5.49. The molecule has 0 fully saturated rings. The number of rotatable bonds is 6. The number of amides is 2. The first kappa shape index (κ1) is 22.1. The van der Waals surface area contributed by atoms with Crippen LogP contribution in [-0.2, 0) is 17.8 Å². The van der Waals surface area contributed by atoms with Crippen LogP contribution in [0.1, 0.15) is 23.0 Å². The van der Waals surface area contributed by atoms with Crippen LogP contribution >= 0.6 is 0 Å². The Labute approximate surface area is 190 Å². The number of benzene rings is 2. The van der Waals surface area contributed by atoms with E-state index in [4.69, 9.17) is 9.47 Å². The maximum atomic E-state index is 13.2. The molecule has 0 radical (unpaired) electrons. The summed E-state index contributed by atoms with van der Waals surface area (Å²) < 4.78 is 11.4. The molecule has 1 aromatic heterocycles. The molecule has 3 aromatic rings. The molecule has 170 valence electrons. The average molecular weight is 448 g/mol. The quantitative estimate of drug-likeness (QED) is 0.622. The fraction of sp³-hybridized carbons (Fsp3) is 0.250. The average Bonchev–Trinajstić information content (AvgIpc) is 3.15. The predicted molar refractivity (Wildman–Crippen MR) is 123 cm³/mol. The summed E-state index contributed by atoms with van der Waals surface area (Å²) in [6, 6.07) is 15.3. The molecule has 4 rings (SSSR count). The lowest BCUT2D eigenvalue weighted by Gasteiger charge is -2.22. The fourth-order valence-electron chi connectivity index (χ4n) is 3.91. The van der Waals surface area contributed by atoms with E-state index in [2.05, 4.69) is 10.4 Å². The highest BCUT2D eigenvalue weighted by Crippen LogP contribution is 2.32. The van der Waals surface area contributed by atoms with Gasteiger partial charge in [0.1, 0.15) is 23.7 Å². The molecule has 1 aliphatic rings. The Morgan fingerprint density at radius 2 is 1.88 bits per heavy atom. The van der Waals surface area contributed by atoms with Gasteiger partial charge in [0.2, 0.25) is 5.91 Å². The third-order valence-corrected chi connectivity index (χ3v) is 5.49. The van der Waals surface area contributed by atoms with Gasteiger partial charge < -0.3 is 19.7 Å². The second-order valence-electron chi connectivity index (χ2n) is 7.69. The first-order valence-corrected chi connectivity index (χ1v) is 10.4. The number of carbonyl (C=O) groups excluding carboxylic acids is 2. The molecule has 2 heterocycles. The number of hydrogen-bond acceptors (Lipinski definition) is 6. The van der Waals surface area contributed by atoms with Crippen LogP contribution in [0.2, 0.25) is 0 Å². The van der Waals surface area contributed by atoms with E-state index in [9.17, 15) is 14.4 Å². The normalized spacial score (nSPS) is 14.5. The Morgan fingerprint density at radius 3 is 2.64 bits per heavy atom. The second-order valence-corrected chi connectivity index (χ2v) is 7.69. The van der Waals surface area contributed by atoms with E-state index in [0.717, 1.165) is 22.4 Å². The highest BCUT2D eigenvalue weighted by Gasteiger charge is 2.32. The van der Waals surface area contributed by atoms with Gasteiger partial charge in [0.15, 0.2) is 0 Å². The lowest BCUT2D eigenvalue weighted by Crippen LogP contribution is -2.38. The van der Waals surface area contributed by atoms with Crippen molar-refractivity contribution in [1.82, 2.24) is 9.78 Å². The summed E-state index contributed by atoms with van der Waals surface area (Å²) >= 11 is 0. The van der Waals surface area contributed by atoms with Crippen LogP contribution < -0.4 is 25.2 Å². The van der Waals surface area contributed by atoms with Crippen LogP contribution in [0.5, 0.6) is 11.5 Å². The lowest BCUT2D eigenvalue weighted by molar-refractivity contribution is -0.117. The van der Waals surface area contributed by atoms with Crippen molar-refractivity contribution in [2.75, 3.05) is 24.4 Å². The number of hydrogen-bond donors (Lipinski definition) is 1. The van der Waals surface area contributed by atoms with Crippen molar-refractivity contribution in [2.24, 2.45) is 0 Å². The first-order chi connectivity index (χ1) is 15.9. The second kappa shape index (κ2) is 9.15. The summed E-state index contributed by atoms with van der Waals surface area (Å²) in [4.78, 5) is 39.9. The van der Waals surface area contributed by atoms with Gasteiger partial charge in [-0.05, 0) is 43.2 Å². The minimum atomic E-state index is -0.499. The molecule has 0 unspecified atom stereocenters. The number of fused-ring (bicyclic) bond motifs is 1. The van der Waals surface area contributed by atoms with E-state index >= 15 is 0 Å². The molecule has 0 saturated carbocycles. The molecule has 9 heteroatoms. The van der Waals surface area contributed by atoms with Crippen molar-refractivity contribution >= 4 is 23.2 Å². The van der Waals surface area contributed by atoms with Gasteiger partial charge in [-0.25, -0.2) is 4.68 Å². The zero-order chi connectivity index (χ0) is 23.5. The Balaban J connectivity index is 1.55. The molecule has 0 spiro atoms. The maximum Gasteiger partial charge on any atom is 0.278 e. The van der Waals surface area contributed by atoms with Gasteiger partial charge in [-0.1, -0.05) is 18.2 Å². The highest BCUT2D eigenvalue weighted by atomic mass is 16.5. The van der Waals surface area contributed by atoms with E-state index in [1.54, 1.807) is 23.1 Å². The van der Waals surface area contributed by atoms with E-state index in [0.29, 0.717) is 17.2 Å². The number of carbonyl (C=O) groups is 2. The molecule has 0 saturated heterocycles. The van der Waals surface area contributed by atoms with Gasteiger partial charge in [-0.3, -0.25) is 14.4 Å².